The second-order valence-corrected chi connectivity index (χ2v) is 6.52. The van der Waals surface area contributed by atoms with Gasteiger partial charge in [-0.2, -0.15) is 0 Å². The van der Waals surface area contributed by atoms with Gasteiger partial charge < -0.3 is 10.2 Å². The number of hydrogen-bond donors (Lipinski definition) is 3. The predicted molar refractivity (Wildman–Crippen MR) is 93.0 cm³/mol. The van der Waals surface area contributed by atoms with Gasteiger partial charge in [-0.1, -0.05) is 23.8 Å². The number of carbonyl (C=O) groups is 1. The Morgan fingerprint density at radius 3 is 2.62 bits per heavy atom. The number of phenols is 2. The molecule has 0 spiro atoms. The van der Waals surface area contributed by atoms with E-state index in [0.717, 1.165) is 18.4 Å². The average Bonchev–Trinajstić information content (AvgIpc) is 2.46. The Hall–Kier alpha value is -2.27. The van der Waals surface area contributed by atoms with Crippen LogP contribution in [0.4, 0.5) is 0 Å². The first-order chi connectivity index (χ1) is 11.3. The Bertz CT molecular complexity index is 706. The van der Waals surface area contributed by atoms with Crippen LogP contribution in [-0.2, 0) is 4.84 Å². The SMILES string of the molecule is C=C(C)C1CCC(C)=CC1c1c(O)cc(C)c(C(=O)NOC)c1O. The Labute approximate surface area is 142 Å². The molecule has 2 unspecified atom stereocenters. The first kappa shape index (κ1) is 18.1. The Morgan fingerprint density at radius 2 is 2.04 bits per heavy atom. The van der Waals surface area contributed by atoms with Crippen molar-refractivity contribution >= 4 is 5.91 Å². The summed E-state index contributed by atoms with van der Waals surface area (Å²) in [6, 6.07) is 1.51. The monoisotopic (exact) mass is 331 g/mol. The van der Waals surface area contributed by atoms with Gasteiger partial charge in [0.25, 0.3) is 5.91 Å². The van der Waals surface area contributed by atoms with Crippen molar-refractivity contribution in [2.45, 2.75) is 39.5 Å². The van der Waals surface area contributed by atoms with Gasteiger partial charge >= 0.3 is 0 Å². The minimum atomic E-state index is -0.544. The van der Waals surface area contributed by atoms with Crippen molar-refractivity contribution in [2.75, 3.05) is 7.11 Å². The van der Waals surface area contributed by atoms with Crippen molar-refractivity contribution in [2.24, 2.45) is 5.92 Å². The van der Waals surface area contributed by atoms with Gasteiger partial charge in [-0.3, -0.25) is 9.63 Å². The zero-order valence-electron chi connectivity index (χ0n) is 14.6. The van der Waals surface area contributed by atoms with Gasteiger partial charge in [0.2, 0.25) is 0 Å². The van der Waals surface area contributed by atoms with Crippen molar-refractivity contribution in [3.05, 3.63) is 46.6 Å². The summed E-state index contributed by atoms with van der Waals surface area (Å²) < 4.78 is 0. The fraction of sp³-hybridized carbons (Fsp3) is 0.421. The van der Waals surface area contributed by atoms with E-state index in [9.17, 15) is 15.0 Å². The predicted octanol–water partition coefficient (Wildman–Crippen LogP) is 3.71. The summed E-state index contributed by atoms with van der Waals surface area (Å²) in [4.78, 5) is 16.9. The summed E-state index contributed by atoms with van der Waals surface area (Å²) in [6.07, 6.45) is 3.90. The van der Waals surface area contributed by atoms with Crippen LogP contribution in [0.15, 0.2) is 29.9 Å². The maximum absolute atomic E-state index is 12.2. The number of nitrogens with one attached hydrogen (secondary N) is 1. The highest BCUT2D eigenvalue weighted by atomic mass is 16.6. The van der Waals surface area contributed by atoms with Crippen LogP contribution in [0.3, 0.4) is 0 Å². The number of aromatic hydroxyl groups is 2. The van der Waals surface area contributed by atoms with Crippen LogP contribution in [0.5, 0.6) is 11.5 Å². The zero-order valence-corrected chi connectivity index (χ0v) is 14.6. The Kier molecular flexibility index (Phi) is 5.34. The summed E-state index contributed by atoms with van der Waals surface area (Å²) in [7, 11) is 1.33. The van der Waals surface area contributed by atoms with Gasteiger partial charge in [-0.15, -0.1) is 0 Å². The number of rotatable bonds is 4. The second-order valence-electron chi connectivity index (χ2n) is 6.52. The van der Waals surface area contributed by atoms with Crippen molar-refractivity contribution in [1.82, 2.24) is 5.48 Å². The summed E-state index contributed by atoms with van der Waals surface area (Å²) in [5, 5.41) is 21.2. The van der Waals surface area contributed by atoms with E-state index in [0.29, 0.717) is 11.1 Å². The Balaban J connectivity index is 2.64. The molecule has 0 heterocycles. The number of amides is 1. The minimum Gasteiger partial charge on any atom is -0.507 e. The number of carbonyl (C=O) groups excluding carboxylic acids is 1. The smallest absolute Gasteiger partial charge is 0.278 e. The van der Waals surface area contributed by atoms with E-state index < -0.39 is 5.91 Å². The lowest BCUT2D eigenvalue weighted by Crippen LogP contribution is -2.24. The van der Waals surface area contributed by atoms with Gasteiger partial charge in [0.1, 0.15) is 11.5 Å². The lowest BCUT2D eigenvalue weighted by molar-refractivity contribution is 0.0534. The number of phenolic OH excluding ortho intramolecular Hbond substituents is 2. The molecule has 1 aliphatic carbocycles. The number of aryl methyl sites for hydroxylation is 1. The summed E-state index contributed by atoms with van der Waals surface area (Å²) in [5.74, 6) is -0.875. The maximum atomic E-state index is 12.2. The van der Waals surface area contributed by atoms with Crippen LogP contribution < -0.4 is 5.48 Å². The van der Waals surface area contributed by atoms with Crippen LogP contribution in [0.2, 0.25) is 0 Å². The summed E-state index contributed by atoms with van der Waals surface area (Å²) in [6.45, 7) is 9.69. The molecule has 1 amide bonds. The minimum absolute atomic E-state index is 0.0128. The largest absolute Gasteiger partial charge is 0.507 e. The van der Waals surface area contributed by atoms with Crippen molar-refractivity contribution in [3.63, 3.8) is 0 Å². The lowest BCUT2D eigenvalue weighted by atomic mass is 9.73. The highest BCUT2D eigenvalue weighted by Gasteiger charge is 2.32. The van der Waals surface area contributed by atoms with Crippen LogP contribution in [-0.4, -0.2) is 23.2 Å². The molecule has 3 N–H and O–H groups in total. The quantitative estimate of drug-likeness (QED) is 0.580. The van der Waals surface area contributed by atoms with Gasteiger partial charge in [-0.05, 0) is 51.2 Å². The molecule has 0 bridgehead atoms. The fourth-order valence-corrected chi connectivity index (χ4v) is 3.46. The molecule has 1 aliphatic rings. The molecule has 0 aromatic heterocycles. The van der Waals surface area contributed by atoms with E-state index in [1.54, 1.807) is 6.92 Å². The summed E-state index contributed by atoms with van der Waals surface area (Å²) >= 11 is 0. The van der Waals surface area contributed by atoms with Gasteiger partial charge in [0, 0.05) is 11.5 Å². The van der Waals surface area contributed by atoms with E-state index in [2.05, 4.69) is 16.9 Å². The van der Waals surface area contributed by atoms with Gasteiger partial charge in [0.15, 0.2) is 0 Å². The fourth-order valence-electron chi connectivity index (χ4n) is 3.46. The normalized spacial score (nSPS) is 20.4. The van der Waals surface area contributed by atoms with Crippen LogP contribution >= 0.6 is 0 Å². The molecule has 0 fully saturated rings. The standard InChI is InChI=1S/C19H25NO4/c1-10(2)13-7-6-11(3)8-14(13)17-15(21)9-12(4)16(18(17)22)19(23)20-24-5/h8-9,13-14,21-22H,1,6-7H2,2-5H3,(H,20,23). The molecule has 5 nitrogen and oxygen atoms in total. The third-order valence-corrected chi connectivity index (χ3v) is 4.65. The molecule has 0 saturated carbocycles. The molecule has 0 saturated heterocycles. The topological polar surface area (TPSA) is 78.8 Å². The van der Waals surface area contributed by atoms with E-state index >= 15 is 0 Å². The molecule has 1 aromatic carbocycles. The van der Waals surface area contributed by atoms with E-state index in [4.69, 9.17) is 0 Å². The van der Waals surface area contributed by atoms with Crippen molar-refractivity contribution in [3.8, 4) is 11.5 Å². The maximum Gasteiger partial charge on any atom is 0.278 e. The molecule has 0 radical (unpaired) electrons. The van der Waals surface area contributed by atoms with E-state index in [-0.39, 0.29) is 28.9 Å². The molecule has 1 aromatic rings. The van der Waals surface area contributed by atoms with Gasteiger partial charge in [0.05, 0.1) is 12.7 Å². The molecular weight excluding hydrogens is 306 g/mol. The number of hydroxylamine groups is 1. The molecule has 5 heteroatoms. The molecule has 24 heavy (non-hydrogen) atoms. The zero-order chi connectivity index (χ0) is 18.0. The Morgan fingerprint density at radius 1 is 1.38 bits per heavy atom. The highest BCUT2D eigenvalue weighted by molar-refractivity contribution is 5.98. The number of allylic oxidation sites excluding steroid dienone is 3. The van der Waals surface area contributed by atoms with E-state index in [1.165, 1.54) is 18.7 Å². The second kappa shape index (κ2) is 7.09. The van der Waals surface area contributed by atoms with Crippen molar-refractivity contribution in [1.29, 1.82) is 0 Å². The van der Waals surface area contributed by atoms with E-state index in [1.807, 2.05) is 19.9 Å². The molecular formula is C19H25NO4. The van der Waals surface area contributed by atoms with Crippen LogP contribution in [0.1, 0.15) is 54.1 Å². The number of hydrogen-bond acceptors (Lipinski definition) is 4. The van der Waals surface area contributed by atoms with Crippen LogP contribution in [0.25, 0.3) is 0 Å². The third kappa shape index (κ3) is 3.31. The number of benzene rings is 1. The lowest BCUT2D eigenvalue weighted by Gasteiger charge is -2.32. The first-order valence-electron chi connectivity index (χ1n) is 7.99. The van der Waals surface area contributed by atoms with Crippen LogP contribution in [0, 0.1) is 12.8 Å². The molecule has 2 rings (SSSR count). The first-order valence-corrected chi connectivity index (χ1v) is 7.99. The molecule has 0 aliphatic heterocycles. The average molecular weight is 331 g/mol. The summed E-state index contributed by atoms with van der Waals surface area (Å²) in [5.41, 5.74) is 5.37. The molecule has 2 atom stereocenters. The molecule has 130 valence electrons. The van der Waals surface area contributed by atoms with Crippen molar-refractivity contribution < 1.29 is 19.8 Å². The third-order valence-electron chi connectivity index (χ3n) is 4.65. The highest BCUT2D eigenvalue weighted by Crippen LogP contribution is 2.47. The van der Waals surface area contributed by atoms with Gasteiger partial charge in [-0.25, -0.2) is 5.48 Å².